The van der Waals surface area contributed by atoms with Crippen LogP contribution in [0.3, 0.4) is 0 Å². The highest BCUT2D eigenvalue weighted by Crippen LogP contribution is 2.45. The van der Waals surface area contributed by atoms with Crippen molar-refractivity contribution >= 4 is 34.7 Å². The van der Waals surface area contributed by atoms with Crippen LogP contribution < -0.4 is 9.64 Å². The molecule has 2 heterocycles. The molecule has 2 N–H and O–H groups in total. The van der Waals surface area contributed by atoms with E-state index in [4.69, 9.17) is 16.3 Å². The number of carbonyl (C=O) groups excluding carboxylic acids is 2. The Morgan fingerprint density at radius 2 is 1.88 bits per heavy atom. The molecule has 7 nitrogen and oxygen atoms in total. The topological polar surface area (TPSA) is 100.0 Å². The summed E-state index contributed by atoms with van der Waals surface area (Å²) >= 11 is 6.11. The number of aromatic nitrogens is 1. The van der Waals surface area contributed by atoms with Gasteiger partial charge in [-0.15, -0.1) is 0 Å². The summed E-state index contributed by atoms with van der Waals surface area (Å²) in [6.45, 7) is 4.62. The van der Waals surface area contributed by atoms with Gasteiger partial charge < -0.3 is 14.9 Å². The van der Waals surface area contributed by atoms with Crippen LogP contribution >= 0.6 is 11.6 Å². The molecule has 1 aliphatic heterocycles. The van der Waals surface area contributed by atoms with E-state index in [1.165, 1.54) is 24.4 Å². The molecule has 3 aromatic rings. The van der Waals surface area contributed by atoms with E-state index in [0.717, 1.165) is 4.90 Å². The Labute approximate surface area is 201 Å². The number of phenolic OH excluding ortho intramolecular Hbond substituents is 1. The molecule has 0 bridgehead atoms. The number of aromatic hydroxyl groups is 1. The van der Waals surface area contributed by atoms with Gasteiger partial charge in [-0.25, -0.2) is 0 Å². The summed E-state index contributed by atoms with van der Waals surface area (Å²) in [6, 6.07) is 13.2. The van der Waals surface area contributed by atoms with Crippen molar-refractivity contribution in [2.75, 3.05) is 11.5 Å². The van der Waals surface area contributed by atoms with Crippen LogP contribution in [0.15, 0.2) is 72.6 Å². The van der Waals surface area contributed by atoms with Gasteiger partial charge in [-0.2, -0.15) is 0 Å². The molecule has 1 aromatic heterocycles. The van der Waals surface area contributed by atoms with Crippen molar-refractivity contribution < 1.29 is 24.5 Å². The predicted octanol–water partition coefficient (Wildman–Crippen LogP) is 5.10. The second-order valence-electron chi connectivity index (χ2n) is 8.32. The van der Waals surface area contributed by atoms with Crippen LogP contribution in [0.4, 0.5) is 5.69 Å². The number of phenols is 1. The lowest BCUT2D eigenvalue weighted by Crippen LogP contribution is -2.29. The van der Waals surface area contributed by atoms with Crippen molar-refractivity contribution in [3.8, 4) is 11.5 Å². The number of nitrogens with zero attached hydrogens (tertiary/aromatic N) is 2. The molecule has 1 atom stereocenters. The van der Waals surface area contributed by atoms with Gasteiger partial charge in [-0.3, -0.25) is 19.5 Å². The Bertz CT molecular complexity index is 1260. The number of pyridine rings is 1. The van der Waals surface area contributed by atoms with Crippen LogP contribution in [0.2, 0.25) is 5.02 Å². The highest BCUT2D eigenvalue weighted by atomic mass is 35.5. The third-order valence-corrected chi connectivity index (χ3v) is 5.59. The van der Waals surface area contributed by atoms with Gasteiger partial charge in [0.2, 0.25) is 0 Å². The molecule has 0 radical (unpaired) electrons. The Morgan fingerprint density at radius 1 is 1.15 bits per heavy atom. The maximum absolute atomic E-state index is 13.2. The van der Waals surface area contributed by atoms with Gasteiger partial charge >= 0.3 is 0 Å². The van der Waals surface area contributed by atoms with Gasteiger partial charge in [-0.05, 0) is 60.0 Å². The lowest BCUT2D eigenvalue weighted by molar-refractivity contribution is -0.132. The number of amides is 1. The molecule has 0 saturated carbocycles. The van der Waals surface area contributed by atoms with Gasteiger partial charge in [0.15, 0.2) is 0 Å². The van der Waals surface area contributed by atoms with Crippen molar-refractivity contribution in [3.63, 3.8) is 0 Å². The summed E-state index contributed by atoms with van der Waals surface area (Å²) in [5, 5.41) is 21.9. The summed E-state index contributed by atoms with van der Waals surface area (Å²) in [5.41, 5.74) is 0.770. The number of hydrogen-bond acceptors (Lipinski definition) is 6. The zero-order valence-corrected chi connectivity index (χ0v) is 19.4. The quantitative estimate of drug-likeness (QED) is 0.290. The number of ether oxygens (including phenoxy) is 1. The first kappa shape index (κ1) is 23.3. The third-order valence-electron chi connectivity index (χ3n) is 5.35. The van der Waals surface area contributed by atoms with Gasteiger partial charge in [0, 0.05) is 23.0 Å². The zero-order chi connectivity index (χ0) is 24.4. The number of aliphatic hydroxyl groups excluding tert-OH is 1. The first-order valence-corrected chi connectivity index (χ1v) is 11.1. The molecule has 0 aliphatic carbocycles. The number of benzene rings is 2. The molecule has 1 aliphatic rings. The van der Waals surface area contributed by atoms with Crippen LogP contribution in [0.25, 0.3) is 5.76 Å². The number of halogens is 1. The van der Waals surface area contributed by atoms with E-state index < -0.39 is 17.7 Å². The highest BCUT2D eigenvalue weighted by molar-refractivity contribution is 6.52. The minimum absolute atomic E-state index is 0.0555. The van der Waals surface area contributed by atoms with E-state index in [0.29, 0.717) is 29.4 Å². The number of carbonyl (C=O) groups is 2. The number of Topliss-reactive ketones (excluding diaryl/α,β-unsaturated/α-hetero) is 1. The highest BCUT2D eigenvalue weighted by Gasteiger charge is 2.47. The molecule has 4 rings (SSSR count). The van der Waals surface area contributed by atoms with Gasteiger partial charge in [0.05, 0.1) is 23.9 Å². The molecule has 1 unspecified atom stereocenters. The fraction of sp³-hybridized carbons (Fsp3) is 0.192. The first-order chi connectivity index (χ1) is 16.3. The largest absolute Gasteiger partial charge is 0.507 e. The minimum atomic E-state index is -1.02. The average molecular weight is 479 g/mol. The smallest absolute Gasteiger partial charge is 0.300 e. The number of ketones is 1. The van der Waals surface area contributed by atoms with E-state index in [2.05, 4.69) is 4.98 Å². The summed E-state index contributed by atoms with van der Waals surface area (Å²) in [4.78, 5) is 31.5. The minimum Gasteiger partial charge on any atom is -0.507 e. The average Bonchev–Trinajstić information content (AvgIpc) is 3.10. The normalized spacial score (nSPS) is 17.4. The maximum Gasteiger partial charge on any atom is 0.300 e. The van der Waals surface area contributed by atoms with Crippen LogP contribution in [0, 0.1) is 5.92 Å². The van der Waals surface area contributed by atoms with Gasteiger partial charge in [0.25, 0.3) is 11.7 Å². The van der Waals surface area contributed by atoms with Crippen molar-refractivity contribution in [2.24, 2.45) is 5.92 Å². The first-order valence-electron chi connectivity index (χ1n) is 10.7. The maximum atomic E-state index is 13.2. The molecule has 1 amide bonds. The lowest BCUT2D eigenvalue weighted by atomic mass is 9.96. The van der Waals surface area contributed by atoms with E-state index >= 15 is 0 Å². The standard InChI is InChI=1S/C26H23ClN2O5/c1-15(2)14-34-19-8-5-16(6-9-19)24(31)22-23(17-4-3-11-28-13-17)29(26(33)25(22)32)20-12-18(27)7-10-21(20)30/h3-13,15,23,30-31H,14H2,1-2H3/b24-22+. The Kier molecular flexibility index (Phi) is 6.56. The zero-order valence-electron chi connectivity index (χ0n) is 18.6. The van der Waals surface area contributed by atoms with Gasteiger partial charge in [-0.1, -0.05) is 31.5 Å². The number of rotatable bonds is 6. The fourth-order valence-electron chi connectivity index (χ4n) is 3.75. The summed E-state index contributed by atoms with van der Waals surface area (Å²) < 4.78 is 5.68. The molecular weight excluding hydrogens is 456 g/mol. The molecule has 1 fully saturated rings. The summed E-state index contributed by atoms with van der Waals surface area (Å²) in [5.74, 6) is -1.38. The van der Waals surface area contributed by atoms with Crippen molar-refractivity contribution in [1.82, 2.24) is 4.98 Å². The van der Waals surface area contributed by atoms with Crippen LogP contribution in [0.5, 0.6) is 11.5 Å². The lowest BCUT2D eigenvalue weighted by Gasteiger charge is -2.25. The molecule has 1 saturated heterocycles. The van der Waals surface area contributed by atoms with Gasteiger partial charge in [0.1, 0.15) is 17.3 Å². The SMILES string of the molecule is CC(C)COc1ccc(/C(O)=C2\C(=O)C(=O)N(c3cc(Cl)ccc3O)C2c2cccnc2)cc1. The monoisotopic (exact) mass is 478 g/mol. The number of aliphatic hydroxyl groups is 1. The fourth-order valence-corrected chi connectivity index (χ4v) is 3.92. The van der Waals surface area contributed by atoms with Crippen LogP contribution in [0.1, 0.15) is 31.0 Å². The molecule has 2 aromatic carbocycles. The Hall–Kier alpha value is -3.84. The van der Waals surface area contributed by atoms with E-state index in [9.17, 15) is 19.8 Å². The van der Waals surface area contributed by atoms with Crippen molar-refractivity contribution in [1.29, 1.82) is 0 Å². The van der Waals surface area contributed by atoms with Crippen LogP contribution in [-0.2, 0) is 9.59 Å². The summed E-state index contributed by atoms with van der Waals surface area (Å²) in [6.07, 6.45) is 3.06. The molecule has 0 spiro atoms. The van der Waals surface area contributed by atoms with Crippen molar-refractivity contribution in [2.45, 2.75) is 19.9 Å². The molecular formula is C26H23ClN2O5. The van der Waals surface area contributed by atoms with Crippen molar-refractivity contribution in [3.05, 3.63) is 88.7 Å². The molecule has 34 heavy (non-hydrogen) atoms. The second kappa shape index (κ2) is 9.57. The third kappa shape index (κ3) is 4.47. The predicted molar refractivity (Wildman–Crippen MR) is 129 cm³/mol. The van der Waals surface area contributed by atoms with Crippen LogP contribution in [-0.4, -0.2) is 33.5 Å². The van der Waals surface area contributed by atoms with E-state index in [1.807, 2.05) is 13.8 Å². The number of hydrogen-bond donors (Lipinski definition) is 2. The molecule has 174 valence electrons. The number of anilines is 1. The second-order valence-corrected chi connectivity index (χ2v) is 8.75. The Morgan fingerprint density at radius 3 is 2.53 bits per heavy atom. The van der Waals surface area contributed by atoms with E-state index in [-0.39, 0.29) is 27.8 Å². The summed E-state index contributed by atoms with van der Waals surface area (Å²) in [7, 11) is 0. The van der Waals surface area contributed by atoms with E-state index in [1.54, 1.807) is 42.6 Å². The Balaban J connectivity index is 1.83. The molecule has 8 heteroatoms.